The molecule has 210 valence electrons. The van der Waals surface area contributed by atoms with Crippen LogP contribution in [0.3, 0.4) is 0 Å². The van der Waals surface area contributed by atoms with Crippen LogP contribution in [0.4, 0.5) is 8.78 Å². The number of rotatable bonds is 6. The Balaban J connectivity index is 1.26. The summed E-state index contributed by atoms with van der Waals surface area (Å²) in [5, 5.41) is 0.869. The number of hydrogen-bond donors (Lipinski definition) is 0. The molecule has 8 nitrogen and oxygen atoms in total. The zero-order valence-corrected chi connectivity index (χ0v) is 22.8. The van der Waals surface area contributed by atoms with Crippen molar-refractivity contribution in [3.63, 3.8) is 0 Å². The predicted octanol–water partition coefficient (Wildman–Crippen LogP) is 5.47. The lowest BCUT2D eigenvalue weighted by Gasteiger charge is -2.41. The third-order valence-electron chi connectivity index (χ3n) is 8.54. The van der Waals surface area contributed by atoms with Crippen LogP contribution >= 0.6 is 0 Å². The van der Waals surface area contributed by atoms with Gasteiger partial charge in [0.2, 0.25) is 12.2 Å². The van der Waals surface area contributed by atoms with Crippen molar-refractivity contribution in [1.82, 2.24) is 24.0 Å². The van der Waals surface area contributed by atoms with Crippen molar-refractivity contribution in [3.05, 3.63) is 41.7 Å². The molecule has 40 heavy (non-hydrogen) atoms. The molecule has 5 heterocycles. The second-order valence-electron chi connectivity index (χ2n) is 11.5. The summed E-state index contributed by atoms with van der Waals surface area (Å²) >= 11 is 0. The minimum absolute atomic E-state index is 0.168. The average Bonchev–Trinajstić information content (AvgIpc) is 3.61. The monoisotopic (exact) mass is 549 g/mol. The number of imidazole rings is 1. The fraction of sp³-hybridized carbons (Fsp3) is 0.500. The van der Waals surface area contributed by atoms with E-state index < -0.39 is 12.2 Å². The van der Waals surface area contributed by atoms with E-state index in [1.165, 1.54) is 13.0 Å². The number of amides is 1. The Bertz CT molecular complexity index is 1610. The highest BCUT2D eigenvalue weighted by atomic mass is 19.1. The standard InChI is InChI=1S/C30H33F2N5O3/c1-17(31)40-26-8-7-19-14-24(37(28(19)34-26)15-18-5-6-18)29-33-23-13-21(12-22(32)27(23)35(29)2)30(38)36-10-9-25-20(16-36)4-3-11-39-25/h7-8,12-14,17-18,20,25H,3-6,9-11,15-16H2,1-2H3/t17?,20-,25+/m0/s1. The fourth-order valence-electron chi connectivity index (χ4n) is 6.37. The van der Waals surface area contributed by atoms with Gasteiger partial charge in [-0.25, -0.2) is 13.8 Å². The van der Waals surface area contributed by atoms with Crippen molar-refractivity contribution in [3.8, 4) is 17.4 Å². The minimum atomic E-state index is -1.47. The third-order valence-corrected chi connectivity index (χ3v) is 8.54. The van der Waals surface area contributed by atoms with Crippen molar-refractivity contribution in [2.75, 3.05) is 19.7 Å². The molecule has 3 aliphatic rings. The maximum absolute atomic E-state index is 15.6. The van der Waals surface area contributed by atoms with Gasteiger partial charge in [-0.2, -0.15) is 4.98 Å². The first kappa shape index (κ1) is 25.4. The van der Waals surface area contributed by atoms with Gasteiger partial charge in [0.05, 0.1) is 17.3 Å². The number of likely N-dealkylation sites (tertiary alicyclic amines) is 1. The number of alkyl halides is 1. The van der Waals surface area contributed by atoms with Gasteiger partial charge >= 0.3 is 0 Å². The minimum Gasteiger partial charge on any atom is -0.444 e. The molecule has 3 aromatic heterocycles. The highest BCUT2D eigenvalue weighted by Crippen LogP contribution is 2.37. The number of carbonyl (C=O) groups excluding carboxylic acids is 1. The third kappa shape index (κ3) is 4.52. The second-order valence-corrected chi connectivity index (χ2v) is 11.5. The van der Waals surface area contributed by atoms with E-state index in [0.717, 1.165) is 56.3 Å². The van der Waals surface area contributed by atoms with E-state index in [0.29, 0.717) is 53.0 Å². The zero-order valence-electron chi connectivity index (χ0n) is 22.8. The first-order valence-electron chi connectivity index (χ1n) is 14.2. The fourth-order valence-corrected chi connectivity index (χ4v) is 6.37. The molecule has 0 bridgehead atoms. The summed E-state index contributed by atoms with van der Waals surface area (Å²) in [5.41, 5.74) is 2.57. The maximum atomic E-state index is 15.6. The first-order chi connectivity index (χ1) is 19.4. The van der Waals surface area contributed by atoms with E-state index >= 15 is 4.39 Å². The second kappa shape index (κ2) is 9.83. The van der Waals surface area contributed by atoms with Crippen LogP contribution in [0.15, 0.2) is 30.3 Å². The molecule has 1 saturated carbocycles. The summed E-state index contributed by atoms with van der Waals surface area (Å²) < 4.78 is 44.0. The van der Waals surface area contributed by atoms with Gasteiger partial charge in [-0.15, -0.1) is 0 Å². The van der Waals surface area contributed by atoms with Gasteiger partial charge in [-0.1, -0.05) is 0 Å². The Hall–Kier alpha value is -3.53. The molecule has 3 atom stereocenters. The highest BCUT2D eigenvalue weighted by Gasteiger charge is 2.34. The summed E-state index contributed by atoms with van der Waals surface area (Å²) in [5.74, 6) is 1.01. The lowest BCUT2D eigenvalue weighted by Crippen LogP contribution is -2.48. The number of hydrogen-bond acceptors (Lipinski definition) is 5. The molecule has 1 aliphatic carbocycles. The number of pyridine rings is 1. The smallest absolute Gasteiger partial charge is 0.254 e. The molecule has 1 amide bonds. The van der Waals surface area contributed by atoms with Gasteiger partial charge in [-0.3, -0.25) is 4.79 Å². The summed E-state index contributed by atoms with van der Waals surface area (Å²) in [6, 6.07) is 8.53. The van der Waals surface area contributed by atoms with Gasteiger partial charge in [0.15, 0.2) is 5.82 Å². The molecule has 1 aromatic carbocycles. The molecule has 7 rings (SSSR count). The molecule has 0 N–H and O–H groups in total. The Morgan fingerprint density at radius 1 is 1.18 bits per heavy atom. The van der Waals surface area contributed by atoms with Crippen LogP contribution < -0.4 is 4.74 Å². The number of nitrogens with zero attached hydrogens (tertiary/aromatic N) is 5. The number of halogens is 2. The lowest BCUT2D eigenvalue weighted by molar-refractivity contribution is -0.0607. The number of aryl methyl sites for hydroxylation is 1. The number of aromatic nitrogens is 4. The van der Waals surface area contributed by atoms with Crippen LogP contribution in [-0.2, 0) is 18.3 Å². The zero-order chi connectivity index (χ0) is 27.5. The van der Waals surface area contributed by atoms with Crippen molar-refractivity contribution >= 4 is 28.0 Å². The largest absolute Gasteiger partial charge is 0.444 e. The van der Waals surface area contributed by atoms with Crippen LogP contribution in [0.1, 0.15) is 49.4 Å². The molecule has 0 spiro atoms. The van der Waals surface area contributed by atoms with Crippen LogP contribution in [0, 0.1) is 17.7 Å². The summed E-state index contributed by atoms with van der Waals surface area (Å²) in [6.07, 6.45) is 3.87. The first-order valence-corrected chi connectivity index (χ1v) is 14.2. The Morgan fingerprint density at radius 2 is 2.02 bits per heavy atom. The van der Waals surface area contributed by atoms with E-state index in [-0.39, 0.29) is 17.9 Å². The van der Waals surface area contributed by atoms with Crippen molar-refractivity contribution in [2.45, 2.75) is 58.0 Å². The molecule has 2 saturated heterocycles. The number of piperidine rings is 1. The van der Waals surface area contributed by atoms with Gasteiger partial charge in [0.25, 0.3) is 5.91 Å². The molecular formula is C30H33F2N5O3. The molecule has 3 fully saturated rings. The topological polar surface area (TPSA) is 74.4 Å². The Labute approximate surface area is 230 Å². The number of ether oxygens (including phenoxy) is 2. The molecule has 2 aliphatic heterocycles. The highest BCUT2D eigenvalue weighted by molar-refractivity contribution is 5.98. The normalized spacial score (nSPS) is 22.1. The van der Waals surface area contributed by atoms with Crippen LogP contribution in [0.2, 0.25) is 0 Å². The Morgan fingerprint density at radius 3 is 2.83 bits per heavy atom. The van der Waals surface area contributed by atoms with E-state index in [4.69, 9.17) is 14.5 Å². The van der Waals surface area contributed by atoms with Gasteiger partial charge in [0.1, 0.15) is 17.0 Å². The summed E-state index contributed by atoms with van der Waals surface area (Å²) in [4.78, 5) is 24.7. The molecular weight excluding hydrogens is 516 g/mol. The number of fused-ring (bicyclic) bond motifs is 3. The van der Waals surface area contributed by atoms with Crippen LogP contribution in [0.25, 0.3) is 33.6 Å². The van der Waals surface area contributed by atoms with Crippen molar-refractivity contribution in [1.29, 1.82) is 0 Å². The van der Waals surface area contributed by atoms with Crippen molar-refractivity contribution in [2.24, 2.45) is 18.9 Å². The van der Waals surface area contributed by atoms with Gasteiger partial charge < -0.3 is 23.5 Å². The summed E-state index contributed by atoms with van der Waals surface area (Å²) in [6.45, 7) is 4.09. The molecule has 0 radical (unpaired) electrons. The average molecular weight is 550 g/mol. The molecule has 1 unspecified atom stereocenters. The van der Waals surface area contributed by atoms with E-state index in [1.54, 1.807) is 23.7 Å². The molecule has 4 aromatic rings. The predicted molar refractivity (Wildman–Crippen MR) is 146 cm³/mol. The van der Waals surface area contributed by atoms with Gasteiger partial charge in [0, 0.05) is 63.1 Å². The number of benzene rings is 1. The Kier molecular flexibility index (Phi) is 6.25. The van der Waals surface area contributed by atoms with Crippen LogP contribution in [-0.4, -0.2) is 62.1 Å². The number of carbonyl (C=O) groups is 1. The SMILES string of the molecule is CC(F)Oc1ccc2cc(-c3nc4cc(C(=O)N5CC[C@H]6OCCC[C@H]6C5)cc(F)c4n3C)n(CC3CC3)c2n1. The van der Waals surface area contributed by atoms with Crippen LogP contribution in [0.5, 0.6) is 5.88 Å². The van der Waals surface area contributed by atoms with E-state index in [1.807, 2.05) is 17.0 Å². The summed E-state index contributed by atoms with van der Waals surface area (Å²) in [7, 11) is 1.79. The van der Waals surface area contributed by atoms with E-state index in [9.17, 15) is 9.18 Å². The van der Waals surface area contributed by atoms with E-state index in [2.05, 4.69) is 9.55 Å². The molecule has 10 heteroatoms. The lowest BCUT2D eigenvalue weighted by atomic mass is 9.88. The maximum Gasteiger partial charge on any atom is 0.254 e. The quantitative estimate of drug-likeness (QED) is 0.319. The van der Waals surface area contributed by atoms with Gasteiger partial charge in [-0.05, 0) is 62.3 Å². The van der Waals surface area contributed by atoms with Crippen molar-refractivity contribution < 1.29 is 23.0 Å².